The lowest BCUT2D eigenvalue weighted by atomic mass is 10.0. The third-order valence-electron chi connectivity index (χ3n) is 4.65. The number of carbonyl (C=O) groups is 1. The number of rotatable bonds is 4. The van der Waals surface area contributed by atoms with Gasteiger partial charge < -0.3 is 5.32 Å². The lowest BCUT2D eigenvalue weighted by Crippen LogP contribution is -2.15. The standard InChI is InChI=1S/C22H15Cl2N3O3S/c23-18-7-6-15(12-17(18)21-16-4-2-1-3-13(16)9-10-26-21)27-22(28)14-5-8-20(19(24)11-14)31(25,29)30/h1-12H,(H,27,28)(H2,25,29,30). The van der Waals surface area contributed by atoms with Crippen LogP contribution in [0.4, 0.5) is 5.69 Å². The number of anilines is 1. The highest BCUT2D eigenvalue weighted by Crippen LogP contribution is 2.34. The number of benzene rings is 3. The molecule has 4 rings (SSSR count). The molecular weight excluding hydrogens is 457 g/mol. The van der Waals surface area contributed by atoms with E-state index in [0.717, 1.165) is 10.8 Å². The first-order chi connectivity index (χ1) is 14.7. The first kappa shape index (κ1) is 21.3. The van der Waals surface area contributed by atoms with Crippen molar-refractivity contribution < 1.29 is 13.2 Å². The van der Waals surface area contributed by atoms with Gasteiger partial charge in [-0.25, -0.2) is 13.6 Å². The lowest BCUT2D eigenvalue weighted by Gasteiger charge is -2.11. The Kier molecular flexibility index (Phi) is 5.68. The van der Waals surface area contributed by atoms with Crippen molar-refractivity contribution in [2.75, 3.05) is 5.32 Å². The number of pyridine rings is 1. The second kappa shape index (κ2) is 8.28. The molecule has 0 aliphatic carbocycles. The van der Waals surface area contributed by atoms with Gasteiger partial charge in [-0.3, -0.25) is 9.78 Å². The van der Waals surface area contributed by atoms with Crippen LogP contribution in [-0.2, 0) is 10.0 Å². The average Bonchev–Trinajstić information content (AvgIpc) is 2.73. The van der Waals surface area contributed by atoms with E-state index >= 15 is 0 Å². The summed E-state index contributed by atoms with van der Waals surface area (Å²) in [5.41, 5.74) is 2.03. The van der Waals surface area contributed by atoms with Crippen molar-refractivity contribution in [3.05, 3.63) is 88.5 Å². The van der Waals surface area contributed by atoms with Gasteiger partial charge >= 0.3 is 0 Å². The SMILES string of the molecule is NS(=O)(=O)c1ccc(C(=O)Nc2ccc(Cl)c(-c3nccc4ccccc34)c2)cc1Cl. The molecule has 1 aromatic heterocycles. The average molecular weight is 472 g/mol. The summed E-state index contributed by atoms with van der Waals surface area (Å²) in [6.45, 7) is 0. The largest absolute Gasteiger partial charge is 0.322 e. The minimum absolute atomic E-state index is 0.132. The van der Waals surface area contributed by atoms with Crippen LogP contribution in [0.3, 0.4) is 0 Å². The van der Waals surface area contributed by atoms with E-state index in [2.05, 4.69) is 10.3 Å². The minimum atomic E-state index is -3.98. The molecule has 1 heterocycles. The number of nitrogens with one attached hydrogen (secondary N) is 1. The van der Waals surface area contributed by atoms with E-state index in [4.69, 9.17) is 28.3 Å². The van der Waals surface area contributed by atoms with E-state index in [1.807, 2.05) is 30.3 Å². The quantitative estimate of drug-likeness (QED) is 0.431. The summed E-state index contributed by atoms with van der Waals surface area (Å²) in [6.07, 6.45) is 1.70. The van der Waals surface area contributed by atoms with Crippen LogP contribution in [0, 0.1) is 0 Å². The molecule has 0 bridgehead atoms. The van der Waals surface area contributed by atoms with Gasteiger partial charge in [-0.2, -0.15) is 0 Å². The minimum Gasteiger partial charge on any atom is -0.322 e. The molecule has 0 spiro atoms. The molecule has 0 aliphatic rings. The number of sulfonamides is 1. The Morgan fingerprint density at radius 3 is 2.45 bits per heavy atom. The Hall–Kier alpha value is -2.97. The van der Waals surface area contributed by atoms with E-state index in [0.29, 0.717) is 22.0 Å². The lowest BCUT2D eigenvalue weighted by molar-refractivity contribution is 0.102. The van der Waals surface area contributed by atoms with Gasteiger partial charge in [0.15, 0.2) is 0 Å². The van der Waals surface area contributed by atoms with Gasteiger partial charge in [0.25, 0.3) is 5.91 Å². The van der Waals surface area contributed by atoms with Crippen LogP contribution in [0.25, 0.3) is 22.0 Å². The number of hydrogen-bond acceptors (Lipinski definition) is 4. The molecule has 3 aromatic carbocycles. The zero-order chi connectivity index (χ0) is 22.2. The molecule has 1 amide bonds. The predicted octanol–water partition coefficient (Wildman–Crippen LogP) is 5.11. The maximum atomic E-state index is 12.7. The molecule has 4 aromatic rings. The second-order valence-electron chi connectivity index (χ2n) is 6.72. The monoisotopic (exact) mass is 471 g/mol. The maximum absolute atomic E-state index is 12.7. The van der Waals surface area contributed by atoms with Gasteiger partial charge in [-0.15, -0.1) is 0 Å². The van der Waals surface area contributed by atoms with E-state index in [9.17, 15) is 13.2 Å². The van der Waals surface area contributed by atoms with Gasteiger partial charge in [0, 0.05) is 28.4 Å². The van der Waals surface area contributed by atoms with Crippen LogP contribution < -0.4 is 10.5 Å². The molecule has 0 unspecified atom stereocenters. The van der Waals surface area contributed by atoms with Gasteiger partial charge in [0.05, 0.1) is 15.7 Å². The summed E-state index contributed by atoms with van der Waals surface area (Å²) >= 11 is 12.4. The van der Waals surface area contributed by atoms with Crippen LogP contribution in [0.15, 0.2) is 77.8 Å². The van der Waals surface area contributed by atoms with Crippen molar-refractivity contribution in [3.63, 3.8) is 0 Å². The number of halogens is 2. The third kappa shape index (κ3) is 4.40. The zero-order valence-corrected chi connectivity index (χ0v) is 18.2. The highest BCUT2D eigenvalue weighted by molar-refractivity contribution is 7.89. The summed E-state index contributed by atoms with van der Waals surface area (Å²) in [5.74, 6) is -0.470. The Labute approximate surface area is 188 Å². The molecule has 156 valence electrons. The van der Waals surface area contributed by atoms with E-state index in [1.165, 1.54) is 18.2 Å². The first-order valence-electron chi connectivity index (χ1n) is 9.01. The van der Waals surface area contributed by atoms with Crippen LogP contribution in [0.1, 0.15) is 10.4 Å². The number of aromatic nitrogens is 1. The molecule has 0 radical (unpaired) electrons. The number of fused-ring (bicyclic) bond motifs is 1. The highest BCUT2D eigenvalue weighted by atomic mass is 35.5. The van der Waals surface area contributed by atoms with Gasteiger partial charge in [-0.05, 0) is 47.9 Å². The second-order valence-corrected chi connectivity index (χ2v) is 9.06. The molecule has 9 heteroatoms. The van der Waals surface area contributed by atoms with Crippen LogP contribution in [-0.4, -0.2) is 19.3 Å². The van der Waals surface area contributed by atoms with Crippen molar-refractivity contribution in [1.29, 1.82) is 0 Å². The van der Waals surface area contributed by atoms with Gasteiger partial charge in [-0.1, -0.05) is 47.5 Å². The number of nitrogens with two attached hydrogens (primary N) is 1. The van der Waals surface area contributed by atoms with E-state index < -0.39 is 15.9 Å². The summed E-state index contributed by atoms with van der Waals surface area (Å²) < 4.78 is 23.0. The van der Waals surface area contributed by atoms with Crippen molar-refractivity contribution >= 4 is 55.6 Å². The number of primary sulfonamides is 1. The molecular formula is C22H15Cl2N3O3S. The molecule has 6 nitrogen and oxygen atoms in total. The normalized spacial score (nSPS) is 11.5. The Morgan fingerprint density at radius 2 is 1.71 bits per heavy atom. The van der Waals surface area contributed by atoms with Gasteiger partial charge in [0.1, 0.15) is 4.90 Å². The summed E-state index contributed by atoms with van der Waals surface area (Å²) in [7, 11) is -3.98. The summed E-state index contributed by atoms with van der Waals surface area (Å²) in [4.78, 5) is 16.9. The van der Waals surface area contributed by atoms with Crippen LogP contribution in [0.2, 0.25) is 10.0 Å². The Balaban J connectivity index is 1.68. The van der Waals surface area contributed by atoms with Crippen LogP contribution >= 0.6 is 23.2 Å². The molecule has 0 atom stereocenters. The van der Waals surface area contributed by atoms with Crippen LogP contribution in [0.5, 0.6) is 0 Å². The number of carbonyl (C=O) groups excluding carboxylic acids is 1. The fourth-order valence-corrected chi connectivity index (χ4v) is 4.49. The molecule has 0 fully saturated rings. The first-order valence-corrected chi connectivity index (χ1v) is 11.3. The molecule has 0 aliphatic heterocycles. The Bertz CT molecular complexity index is 1430. The molecule has 31 heavy (non-hydrogen) atoms. The van der Waals surface area contributed by atoms with E-state index in [-0.39, 0.29) is 15.5 Å². The maximum Gasteiger partial charge on any atom is 0.255 e. The fraction of sp³-hybridized carbons (Fsp3) is 0. The van der Waals surface area contributed by atoms with Crippen molar-refractivity contribution in [2.24, 2.45) is 5.14 Å². The molecule has 0 saturated heterocycles. The van der Waals surface area contributed by atoms with Crippen molar-refractivity contribution in [2.45, 2.75) is 4.90 Å². The van der Waals surface area contributed by atoms with Gasteiger partial charge in [0.2, 0.25) is 10.0 Å². The topological polar surface area (TPSA) is 102 Å². The smallest absolute Gasteiger partial charge is 0.255 e. The zero-order valence-electron chi connectivity index (χ0n) is 15.8. The third-order valence-corrected chi connectivity index (χ3v) is 6.38. The number of nitrogens with zero attached hydrogens (tertiary/aromatic N) is 1. The number of amides is 1. The van der Waals surface area contributed by atoms with Crippen molar-refractivity contribution in [3.8, 4) is 11.3 Å². The van der Waals surface area contributed by atoms with E-state index in [1.54, 1.807) is 24.4 Å². The molecule has 3 N–H and O–H groups in total. The molecule has 0 saturated carbocycles. The van der Waals surface area contributed by atoms with Crippen molar-refractivity contribution in [1.82, 2.24) is 4.98 Å². The fourth-order valence-electron chi connectivity index (χ4n) is 3.19. The Morgan fingerprint density at radius 1 is 0.935 bits per heavy atom. The highest BCUT2D eigenvalue weighted by Gasteiger charge is 2.16. The summed E-state index contributed by atoms with van der Waals surface area (Å²) in [6, 6.07) is 18.6. The predicted molar refractivity (Wildman–Crippen MR) is 123 cm³/mol. The number of hydrogen-bond donors (Lipinski definition) is 2. The summed E-state index contributed by atoms with van der Waals surface area (Å²) in [5, 5.41) is 10.2.